The molecule has 1 saturated heterocycles. The standard InChI is InChI=1S/C14H20ClN3O/c1-3-14(2,18-6-4-5-7-18)12(19)11-8-10(15)9-17-13(11)16/h8-9H,3-7H2,1-2H3,(H2,16,17). The van der Waals surface area contributed by atoms with Gasteiger partial charge in [0.15, 0.2) is 5.78 Å². The lowest BCUT2D eigenvalue weighted by Gasteiger charge is -2.36. The van der Waals surface area contributed by atoms with Crippen molar-refractivity contribution >= 4 is 23.2 Å². The fourth-order valence-electron chi connectivity index (χ4n) is 2.66. The van der Waals surface area contributed by atoms with Gasteiger partial charge < -0.3 is 5.73 Å². The number of anilines is 1. The Kier molecular flexibility index (Phi) is 4.11. The first-order valence-electron chi connectivity index (χ1n) is 6.70. The maximum Gasteiger partial charge on any atom is 0.186 e. The highest BCUT2D eigenvalue weighted by molar-refractivity contribution is 6.31. The molecule has 19 heavy (non-hydrogen) atoms. The van der Waals surface area contributed by atoms with Crippen molar-refractivity contribution in [3.05, 3.63) is 22.8 Å². The predicted molar refractivity (Wildman–Crippen MR) is 77.5 cm³/mol. The molecule has 0 aromatic carbocycles. The van der Waals surface area contributed by atoms with Crippen LogP contribution in [0.25, 0.3) is 0 Å². The molecule has 1 aromatic rings. The molecule has 0 bridgehead atoms. The Morgan fingerprint density at radius 3 is 2.74 bits per heavy atom. The molecular weight excluding hydrogens is 262 g/mol. The SMILES string of the molecule is CCC(C)(C(=O)c1cc(Cl)cnc1N)N1CCCC1. The lowest BCUT2D eigenvalue weighted by Crippen LogP contribution is -2.50. The summed E-state index contributed by atoms with van der Waals surface area (Å²) >= 11 is 5.93. The van der Waals surface area contributed by atoms with Crippen LogP contribution in [0.2, 0.25) is 5.02 Å². The second-order valence-corrected chi connectivity index (χ2v) is 5.67. The van der Waals surface area contributed by atoms with Crippen LogP contribution < -0.4 is 5.73 Å². The molecule has 5 heteroatoms. The zero-order chi connectivity index (χ0) is 14.0. The van der Waals surface area contributed by atoms with E-state index in [0.717, 1.165) is 32.4 Å². The predicted octanol–water partition coefficient (Wildman–Crippen LogP) is 2.76. The summed E-state index contributed by atoms with van der Waals surface area (Å²) < 4.78 is 0. The highest BCUT2D eigenvalue weighted by Gasteiger charge is 2.40. The summed E-state index contributed by atoms with van der Waals surface area (Å²) in [5.41, 5.74) is 5.75. The number of ketones is 1. The topological polar surface area (TPSA) is 59.2 Å². The molecule has 0 spiro atoms. The Morgan fingerprint density at radius 2 is 2.16 bits per heavy atom. The lowest BCUT2D eigenvalue weighted by molar-refractivity contribution is 0.0648. The number of likely N-dealkylation sites (tertiary alicyclic amines) is 1. The van der Waals surface area contributed by atoms with Crippen molar-refractivity contribution in [1.82, 2.24) is 9.88 Å². The maximum atomic E-state index is 12.8. The first-order valence-corrected chi connectivity index (χ1v) is 7.07. The van der Waals surface area contributed by atoms with Crippen LogP contribution in [0.1, 0.15) is 43.5 Å². The van der Waals surface area contributed by atoms with Gasteiger partial charge >= 0.3 is 0 Å². The number of carbonyl (C=O) groups is 1. The van der Waals surface area contributed by atoms with Crippen LogP contribution in [0.3, 0.4) is 0 Å². The van der Waals surface area contributed by atoms with Crippen LogP contribution in [-0.2, 0) is 0 Å². The zero-order valence-corrected chi connectivity index (χ0v) is 12.2. The average molecular weight is 282 g/mol. The summed E-state index contributed by atoms with van der Waals surface area (Å²) in [7, 11) is 0. The smallest absolute Gasteiger partial charge is 0.186 e. The minimum absolute atomic E-state index is 0.0180. The number of rotatable bonds is 4. The fraction of sp³-hybridized carbons (Fsp3) is 0.571. The Balaban J connectivity index is 2.37. The molecule has 2 rings (SSSR count). The van der Waals surface area contributed by atoms with Gasteiger partial charge in [-0.05, 0) is 45.3 Å². The highest BCUT2D eigenvalue weighted by atomic mass is 35.5. The number of nitrogens with two attached hydrogens (primary N) is 1. The van der Waals surface area contributed by atoms with E-state index in [1.807, 2.05) is 13.8 Å². The molecule has 1 atom stereocenters. The molecule has 1 aliphatic heterocycles. The molecule has 1 aromatic heterocycles. The van der Waals surface area contributed by atoms with Gasteiger partial charge in [-0.1, -0.05) is 18.5 Å². The molecule has 104 valence electrons. The van der Waals surface area contributed by atoms with E-state index in [2.05, 4.69) is 9.88 Å². The average Bonchev–Trinajstić information content (AvgIpc) is 2.94. The van der Waals surface area contributed by atoms with Crippen LogP contribution in [0, 0.1) is 0 Å². The zero-order valence-electron chi connectivity index (χ0n) is 11.4. The van der Waals surface area contributed by atoms with Gasteiger partial charge in [-0.3, -0.25) is 9.69 Å². The summed E-state index contributed by atoms with van der Waals surface area (Å²) in [4.78, 5) is 19.1. The number of halogens is 1. The van der Waals surface area contributed by atoms with E-state index in [1.165, 1.54) is 6.20 Å². The first-order chi connectivity index (χ1) is 8.99. The number of nitrogens with zero attached hydrogens (tertiary/aromatic N) is 2. The summed E-state index contributed by atoms with van der Waals surface area (Å²) in [5, 5.41) is 0.442. The highest BCUT2D eigenvalue weighted by Crippen LogP contribution is 2.30. The third-order valence-corrected chi connectivity index (χ3v) is 4.32. The third-order valence-electron chi connectivity index (χ3n) is 4.11. The molecule has 1 fully saturated rings. The number of pyridine rings is 1. The molecule has 0 aliphatic carbocycles. The van der Waals surface area contributed by atoms with Crippen LogP contribution in [-0.4, -0.2) is 34.3 Å². The van der Waals surface area contributed by atoms with Crippen molar-refractivity contribution in [2.24, 2.45) is 0 Å². The Hall–Kier alpha value is -1.13. The van der Waals surface area contributed by atoms with Crippen LogP contribution in [0.15, 0.2) is 12.3 Å². The van der Waals surface area contributed by atoms with Gasteiger partial charge in [0.25, 0.3) is 0 Å². The molecular formula is C14H20ClN3O. The molecule has 4 nitrogen and oxygen atoms in total. The van der Waals surface area contributed by atoms with E-state index in [0.29, 0.717) is 10.6 Å². The summed E-state index contributed by atoms with van der Waals surface area (Å²) in [6.45, 7) is 5.94. The van der Waals surface area contributed by atoms with E-state index >= 15 is 0 Å². The van der Waals surface area contributed by atoms with Gasteiger partial charge in [0.1, 0.15) is 5.82 Å². The van der Waals surface area contributed by atoms with E-state index < -0.39 is 5.54 Å². The molecule has 0 saturated carbocycles. The minimum Gasteiger partial charge on any atom is -0.383 e. The van der Waals surface area contributed by atoms with Crippen molar-refractivity contribution < 1.29 is 4.79 Å². The first kappa shape index (κ1) is 14.3. The van der Waals surface area contributed by atoms with Gasteiger partial charge in [-0.25, -0.2) is 4.98 Å². The molecule has 2 N–H and O–H groups in total. The second kappa shape index (κ2) is 5.47. The molecule has 2 heterocycles. The Labute approximate surface area is 118 Å². The van der Waals surface area contributed by atoms with Crippen molar-refractivity contribution in [2.45, 2.75) is 38.6 Å². The number of carbonyl (C=O) groups excluding carboxylic acids is 1. The van der Waals surface area contributed by atoms with Crippen molar-refractivity contribution in [2.75, 3.05) is 18.8 Å². The number of nitrogen functional groups attached to an aromatic ring is 1. The van der Waals surface area contributed by atoms with Crippen molar-refractivity contribution in [3.8, 4) is 0 Å². The number of hydrogen-bond acceptors (Lipinski definition) is 4. The van der Waals surface area contributed by atoms with Gasteiger partial charge in [-0.2, -0.15) is 0 Å². The third kappa shape index (κ3) is 2.60. The number of aromatic nitrogens is 1. The van der Waals surface area contributed by atoms with Gasteiger partial charge in [0, 0.05) is 6.20 Å². The lowest BCUT2D eigenvalue weighted by atomic mass is 9.87. The van der Waals surface area contributed by atoms with Crippen LogP contribution in [0.4, 0.5) is 5.82 Å². The fourth-order valence-corrected chi connectivity index (χ4v) is 2.82. The summed E-state index contributed by atoms with van der Waals surface area (Å²) in [6.07, 6.45) is 4.50. The number of hydrogen-bond donors (Lipinski definition) is 1. The van der Waals surface area contributed by atoms with E-state index in [4.69, 9.17) is 17.3 Å². The van der Waals surface area contributed by atoms with Crippen LogP contribution >= 0.6 is 11.6 Å². The molecule has 0 amide bonds. The Bertz CT molecular complexity index is 486. The second-order valence-electron chi connectivity index (χ2n) is 5.24. The Morgan fingerprint density at radius 1 is 1.53 bits per heavy atom. The molecule has 1 aliphatic rings. The van der Waals surface area contributed by atoms with Crippen molar-refractivity contribution in [3.63, 3.8) is 0 Å². The normalized spacial score (nSPS) is 19.3. The van der Waals surface area contributed by atoms with E-state index in [9.17, 15) is 4.79 Å². The monoisotopic (exact) mass is 281 g/mol. The number of Topliss-reactive ketones (excluding diaryl/α,β-unsaturated/α-hetero) is 1. The molecule has 0 radical (unpaired) electrons. The maximum absolute atomic E-state index is 12.8. The van der Waals surface area contributed by atoms with Crippen LogP contribution in [0.5, 0.6) is 0 Å². The summed E-state index contributed by atoms with van der Waals surface area (Å²) in [6, 6.07) is 1.62. The van der Waals surface area contributed by atoms with E-state index in [-0.39, 0.29) is 11.6 Å². The van der Waals surface area contributed by atoms with Crippen molar-refractivity contribution in [1.29, 1.82) is 0 Å². The largest absolute Gasteiger partial charge is 0.383 e. The summed E-state index contributed by atoms with van der Waals surface area (Å²) in [5.74, 6) is 0.276. The van der Waals surface area contributed by atoms with E-state index in [1.54, 1.807) is 6.07 Å². The molecule has 1 unspecified atom stereocenters. The van der Waals surface area contributed by atoms with Gasteiger partial charge in [0.05, 0.1) is 16.1 Å². The minimum atomic E-state index is -0.517. The van der Waals surface area contributed by atoms with Gasteiger partial charge in [-0.15, -0.1) is 0 Å². The van der Waals surface area contributed by atoms with Gasteiger partial charge in [0.2, 0.25) is 0 Å². The quantitative estimate of drug-likeness (QED) is 0.862.